The normalized spacial score (nSPS) is 11.9. The van der Waals surface area contributed by atoms with E-state index in [1.54, 1.807) is 0 Å². The second-order valence-corrected chi connectivity index (χ2v) is 6.38. The average Bonchev–Trinajstić information content (AvgIpc) is 2.92. The van der Waals surface area contributed by atoms with E-state index in [-0.39, 0.29) is 6.10 Å². The van der Waals surface area contributed by atoms with Crippen molar-refractivity contribution in [1.29, 1.82) is 0 Å². The number of nitrogens with zero attached hydrogens (tertiary/aromatic N) is 3. The van der Waals surface area contributed by atoms with Crippen molar-refractivity contribution in [2.45, 2.75) is 33.4 Å². The summed E-state index contributed by atoms with van der Waals surface area (Å²) in [6.07, 6.45) is 0.156. The van der Waals surface area contributed by atoms with Crippen LogP contribution in [-0.2, 0) is 6.54 Å². The molecule has 0 amide bonds. The highest BCUT2D eigenvalue weighted by atomic mass is 16.5. The number of imidazole rings is 1. The zero-order chi connectivity index (χ0) is 18.5. The second-order valence-electron chi connectivity index (χ2n) is 6.38. The smallest absolute Gasteiger partial charge is 0.193 e. The molecule has 0 radical (unpaired) electrons. The van der Waals surface area contributed by atoms with E-state index < -0.39 is 0 Å². The number of aryl methyl sites for hydroxylation is 1. The number of aliphatic imine (C=N–C) groups is 1. The predicted molar refractivity (Wildman–Crippen MR) is 107 cm³/mol. The minimum atomic E-state index is 0.156. The lowest BCUT2D eigenvalue weighted by Crippen LogP contribution is -2.23. The Morgan fingerprint density at radius 1 is 1.19 bits per heavy atom. The highest BCUT2D eigenvalue weighted by molar-refractivity contribution is 5.92. The van der Waals surface area contributed by atoms with Gasteiger partial charge < -0.3 is 20.4 Å². The van der Waals surface area contributed by atoms with Crippen LogP contribution in [0.25, 0.3) is 11.0 Å². The van der Waals surface area contributed by atoms with Crippen molar-refractivity contribution in [1.82, 2.24) is 9.55 Å². The molecule has 6 nitrogen and oxygen atoms in total. The van der Waals surface area contributed by atoms with Crippen LogP contribution in [0.15, 0.2) is 53.5 Å². The third-order valence-electron chi connectivity index (χ3n) is 3.95. The molecule has 6 heteroatoms. The zero-order valence-corrected chi connectivity index (χ0v) is 15.4. The molecule has 0 aliphatic carbocycles. The SMILES string of the molecule is Cc1nc2ccccc2n1CCN=C(N)Nc1ccc(OC(C)C)cc1. The Morgan fingerprint density at radius 2 is 1.92 bits per heavy atom. The summed E-state index contributed by atoms with van der Waals surface area (Å²) in [6, 6.07) is 15.8. The molecule has 136 valence electrons. The highest BCUT2D eigenvalue weighted by Gasteiger charge is 2.06. The molecule has 0 spiro atoms. The first-order chi connectivity index (χ1) is 12.5. The fourth-order valence-corrected chi connectivity index (χ4v) is 2.83. The molecule has 1 heterocycles. The van der Waals surface area contributed by atoms with E-state index in [4.69, 9.17) is 10.5 Å². The van der Waals surface area contributed by atoms with Crippen LogP contribution in [0.3, 0.4) is 0 Å². The summed E-state index contributed by atoms with van der Waals surface area (Å²) in [5.74, 6) is 2.21. The molecule has 2 aromatic carbocycles. The van der Waals surface area contributed by atoms with E-state index in [0.717, 1.165) is 34.8 Å². The zero-order valence-electron chi connectivity index (χ0n) is 15.4. The van der Waals surface area contributed by atoms with Gasteiger partial charge in [0.2, 0.25) is 0 Å². The van der Waals surface area contributed by atoms with Crippen molar-refractivity contribution in [3.63, 3.8) is 0 Å². The number of rotatable bonds is 6. The summed E-state index contributed by atoms with van der Waals surface area (Å²) < 4.78 is 7.79. The Bertz CT molecular complexity index is 896. The van der Waals surface area contributed by atoms with Crippen molar-refractivity contribution in [2.75, 3.05) is 11.9 Å². The van der Waals surface area contributed by atoms with Crippen LogP contribution in [0.4, 0.5) is 5.69 Å². The third-order valence-corrected chi connectivity index (χ3v) is 3.95. The van der Waals surface area contributed by atoms with Gasteiger partial charge in [-0.1, -0.05) is 12.1 Å². The Labute approximate surface area is 153 Å². The van der Waals surface area contributed by atoms with Crippen LogP contribution in [0, 0.1) is 6.92 Å². The number of anilines is 1. The van der Waals surface area contributed by atoms with E-state index in [2.05, 4.69) is 25.9 Å². The summed E-state index contributed by atoms with van der Waals surface area (Å²) in [7, 11) is 0. The number of benzene rings is 2. The van der Waals surface area contributed by atoms with Crippen molar-refractivity contribution in [3.8, 4) is 5.75 Å². The quantitative estimate of drug-likeness (QED) is 0.526. The minimum absolute atomic E-state index is 0.156. The Hall–Kier alpha value is -3.02. The van der Waals surface area contributed by atoms with Crippen molar-refractivity contribution >= 4 is 22.7 Å². The molecular formula is C20H25N5O. The number of hydrogen-bond acceptors (Lipinski definition) is 3. The summed E-state index contributed by atoms with van der Waals surface area (Å²) in [5, 5.41) is 3.10. The maximum Gasteiger partial charge on any atom is 0.193 e. The topological polar surface area (TPSA) is 77.5 Å². The molecule has 0 aliphatic rings. The lowest BCUT2D eigenvalue weighted by molar-refractivity contribution is 0.242. The van der Waals surface area contributed by atoms with Gasteiger partial charge in [-0.25, -0.2) is 4.98 Å². The number of guanidine groups is 1. The number of nitrogens with one attached hydrogen (secondary N) is 1. The van der Waals surface area contributed by atoms with Crippen LogP contribution in [0.5, 0.6) is 5.75 Å². The van der Waals surface area contributed by atoms with Gasteiger partial charge in [-0.15, -0.1) is 0 Å². The first-order valence-electron chi connectivity index (χ1n) is 8.78. The van der Waals surface area contributed by atoms with E-state index >= 15 is 0 Å². The summed E-state index contributed by atoms with van der Waals surface area (Å²) in [6.45, 7) is 7.32. The number of hydrogen-bond donors (Lipinski definition) is 2. The minimum Gasteiger partial charge on any atom is -0.491 e. The van der Waals surface area contributed by atoms with Crippen molar-refractivity contribution in [2.24, 2.45) is 10.7 Å². The summed E-state index contributed by atoms with van der Waals surface area (Å²) >= 11 is 0. The number of fused-ring (bicyclic) bond motifs is 1. The van der Waals surface area contributed by atoms with Gasteiger partial charge in [0.15, 0.2) is 5.96 Å². The molecule has 3 aromatic rings. The standard InChI is InChI=1S/C20H25N5O/c1-14(2)26-17-10-8-16(9-11-17)24-20(21)22-12-13-25-15(3)23-18-6-4-5-7-19(18)25/h4-11,14H,12-13H2,1-3H3,(H3,21,22,24). The van der Waals surface area contributed by atoms with Crippen LogP contribution < -0.4 is 15.8 Å². The maximum absolute atomic E-state index is 6.00. The van der Waals surface area contributed by atoms with Gasteiger partial charge in [-0.3, -0.25) is 4.99 Å². The number of aromatic nitrogens is 2. The van der Waals surface area contributed by atoms with Crippen molar-refractivity contribution in [3.05, 3.63) is 54.4 Å². The molecule has 3 rings (SSSR count). The Kier molecular flexibility index (Phi) is 5.41. The first-order valence-corrected chi connectivity index (χ1v) is 8.78. The van der Waals surface area contributed by atoms with E-state index in [1.165, 1.54) is 0 Å². The van der Waals surface area contributed by atoms with Crippen LogP contribution >= 0.6 is 0 Å². The van der Waals surface area contributed by atoms with Gasteiger partial charge in [0.1, 0.15) is 11.6 Å². The molecule has 0 bridgehead atoms. The van der Waals surface area contributed by atoms with Gasteiger partial charge in [-0.2, -0.15) is 0 Å². The van der Waals surface area contributed by atoms with Gasteiger partial charge in [0, 0.05) is 12.2 Å². The van der Waals surface area contributed by atoms with Gasteiger partial charge in [0.25, 0.3) is 0 Å². The van der Waals surface area contributed by atoms with E-state index in [1.807, 2.05) is 63.2 Å². The van der Waals surface area contributed by atoms with E-state index in [0.29, 0.717) is 12.5 Å². The highest BCUT2D eigenvalue weighted by Crippen LogP contribution is 2.17. The molecule has 0 aliphatic heterocycles. The lowest BCUT2D eigenvalue weighted by atomic mass is 10.3. The number of para-hydroxylation sites is 2. The third kappa shape index (κ3) is 4.33. The van der Waals surface area contributed by atoms with Crippen LogP contribution in [0.2, 0.25) is 0 Å². The molecule has 26 heavy (non-hydrogen) atoms. The fourth-order valence-electron chi connectivity index (χ4n) is 2.83. The molecule has 0 atom stereocenters. The Morgan fingerprint density at radius 3 is 2.65 bits per heavy atom. The molecule has 0 fully saturated rings. The van der Waals surface area contributed by atoms with Crippen molar-refractivity contribution < 1.29 is 4.74 Å². The molecule has 0 saturated heterocycles. The number of nitrogens with two attached hydrogens (primary N) is 1. The summed E-state index contributed by atoms with van der Waals surface area (Å²) in [5.41, 5.74) is 9.00. The molecular weight excluding hydrogens is 326 g/mol. The number of ether oxygens (including phenoxy) is 1. The molecule has 1 aromatic heterocycles. The Balaban J connectivity index is 1.59. The molecule has 0 unspecified atom stereocenters. The van der Waals surface area contributed by atoms with Gasteiger partial charge in [0.05, 0.1) is 23.7 Å². The van der Waals surface area contributed by atoms with E-state index in [9.17, 15) is 0 Å². The molecule has 0 saturated carbocycles. The van der Waals surface area contributed by atoms with Gasteiger partial charge >= 0.3 is 0 Å². The van der Waals surface area contributed by atoms with Crippen LogP contribution in [-0.4, -0.2) is 28.2 Å². The largest absolute Gasteiger partial charge is 0.491 e. The average molecular weight is 351 g/mol. The first kappa shape index (κ1) is 17.8. The maximum atomic E-state index is 6.00. The van der Waals surface area contributed by atoms with Crippen LogP contribution in [0.1, 0.15) is 19.7 Å². The lowest BCUT2D eigenvalue weighted by Gasteiger charge is -2.11. The molecule has 3 N–H and O–H groups in total. The monoisotopic (exact) mass is 351 g/mol. The predicted octanol–water partition coefficient (Wildman–Crippen LogP) is 3.56. The van der Waals surface area contributed by atoms with Gasteiger partial charge in [-0.05, 0) is 57.2 Å². The fraction of sp³-hybridized carbons (Fsp3) is 0.300. The second kappa shape index (κ2) is 7.91. The summed E-state index contributed by atoms with van der Waals surface area (Å²) in [4.78, 5) is 8.98.